The van der Waals surface area contributed by atoms with Gasteiger partial charge in [0.1, 0.15) is 0 Å². The summed E-state index contributed by atoms with van der Waals surface area (Å²) in [6.07, 6.45) is 7.58. The van der Waals surface area contributed by atoms with E-state index in [1.807, 2.05) is 12.1 Å². The highest BCUT2D eigenvalue weighted by Gasteiger charge is 2.42. The topological polar surface area (TPSA) is 29.1 Å². The number of benzene rings is 1. The lowest BCUT2D eigenvalue weighted by atomic mass is 10.0. The van der Waals surface area contributed by atoms with Crippen LogP contribution in [0, 0.1) is 11.8 Å². The molecule has 108 valence electrons. The van der Waals surface area contributed by atoms with Gasteiger partial charge in [0, 0.05) is 20.0 Å². The van der Waals surface area contributed by atoms with Crippen LogP contribution in [-0.2, 0) is 6.42 Å². The van der Waals surface area contributed by atoms with Gasteiger partial charge in [0.2, 0.25) is 0 Å². The minimum atomic E-state index is 0. The Morgan fingerprint density at radius 2 is 2.00 bits per heavy atom. The molecule has 2 heteroatoms. The third kappa shape index (κ3) is 2.55. The monoisotopic (exact) mass is 271 g/mol. The van der Waals surface area contributed by atoms with Crippen molar-refractivity contribution in [2.45, 2.75) is 33.1 Å². The quantitative estimate of drug-likeness (QED) is 0.867. The predicted molar refractivity (Wildman–Crippen MR) is 85.6 cm³/mol. The molecular weight excluding hydrogens is 246 g/mol. The lowest BCUT2D eigenvalue weighted by Crippen LogP contribution is -2.25. The van der Waals surface area contributed by atoms with Gasteiger partial charge in [-0.1, -0.05) is 37.1 Å². The van der Waals surface area contributed by atoms with Crippen molar-refractivity contribution in [2.24, 2.45) is 11.8 Å². The number of aryl methyl sites for hydroxylation is 1. The molecule has 1 N–H and O–H groups in total. The Balaban J connectivity index is 0.00000121. The molecule has 0 saturated heterocycles. The van der Waals surface area contributed by atoms with Crippen molar-refractivity contribution in [3.8, 4) is 0 Å². The third-order valence-electron chi connectivity index (χ3n) is 4.31. The number of amides is 1. The van der Waals surface area contributed by atoms with Gasteiger partial charge in [0.15, 0.2) is 0 Å². The van der Waals surface area contributed by atoms with Crippen LogP contribution >= 0.6 is 0 Å². The third-order valence-corrected chi connectivity index (χ3v) is 4.31. The molecule has 3 rings (SSSR count). The molecule has 2 atom stereocenters. The lowest BCUT2D eigenvalue weighted by molar-refractivity contribution is 0.0963. The van der Waals surface area contributed by atoms with Crippen molar-refractivity contribution in [1.29, 1.82) is 0 Å². The largest absolute Gasteiger partial charge is 0.325 e. The fraction of sp³-hybridized carbons (Fsp3) is 0.389. The van der Waals surface area contributed by atoms with E-state index >= 15 is 0 Å². The standard InChI is InChI=1S/C18H21NO.2H2/c1-3-4-13-6-8-14(9-7-13)18(20)19-17-10-5-12(2)15-11-16(15)17;;/h5-10,15-16H,3-4,11H2,1-2H3,(H,19,20);2*1H. The Morgan fingerprint density at radius 3 is 2.70 bits per heavy atom. The van der Waals surface area contributed by atoms with E-state index < -0.39 is 0 Å². The van der Waals surface area contributed by atoms with E-state index in [9.17, 15) is 4.79 Å². The van der Waals surface area contributed by atoms with E-state index in [4.69, 9.17) is 0 Å². The van der Waals surface area contributed by atoms with Crippen LogP contribution in [0.2, 0.25) is 0 Å². The maximum Gasteiger partial charge on any atom is 0.255 e. The number of fused-ring (bicyclic) bond motifs is 1. The molecule has 0 bridgehead atoms. The van der Waals surface area contributed by atoms with Crippen LogP contribution in [-0.4, -0.2) is 5.91 Å². The van der Waals surface area contributed by atoms with E-state index in [2.05, 4.69) is 43.4 Å². The van der Waals surface area contributed by atoms with E-state index in [-0.39, 0.29) is 8.76 Å². The van der Waals surface area contributed by atoms with Gasteiger partial charge in [-0.25, -0.2) is 0 Å². The molecule has 1 amide bonds. The van der Waals surface area contributed by atoms with Gasteiger partial charge in [-0.2, -0.15) is 0 Å². The Hall–Kier alpha value is -1.83. The molecule has 1 aromatic carbocycles. The van der Waals surface area contributed by atoms with E-state index in [0.29, 0.717) is 11.8 Å². The number of hydrogen-bond acceptors (Lipinski definition) is 1. The number of rotatable bonds is 4. The fourth-order valence-corrected chi connectivity index (χ4v) is 2.96. The Bertz CT molecular complexity index is 590. The lowest BCUT2D eigenvalue weighted by Gasteiger charge is -2.13. The number of nitrogens with one attached hydrogen (secondary N) is 1. The zero-order valence-electron chi connectivity index (χ0n) is 12.1. The maximum absolute atomic E-state index is 12.3. The van der Waals surface area contributed by atoms with Crippen LogP contribution < -0.4 is 5.32 Å². The molecule has 1 saturated carbocycles. The predicted octanol–water partition coefficient (Wildman–Crippen LogP) is 4.34. The molecule has 1 aromatic rings. The molecule has 2 nitrogen and oxygen atoms in total. The average molecular weight is 271 g/mol. The van der Waals surface area contributed by atoms with Gasteiger partial charge in [0.25, 0.3) is 5.91 Å². The van der Waals surface area contributed by atoms with Crippen molar-refractivity contribution in [1.82, 2.24) is 5.32 Å². The summed E-state index contributed by atoms with van der Waals surface area (Å²) < 4.78 is 0. The highest BCUT2D eigenvalue weighted by molar-refractivity contribution is 5.95. The van der Waals surface area contributed by atoms with Gasteiger partial charge >= 0.3 is 0 Å². The molecule has 2 aliphatic rings. The molecule has 2 unspecified atom stereocenters. The summed E-state index contributed by atoms with van der Waals surface area (Å²) in [6, 6.07) is 7.96. The Labute approximate surface area is 123 Å². The van der Waals surface area contributed by atoms with Crippen molar-refractivity contribution in [3.63, 3.8) is 0 Å². The van der Waals surface area contributed by atoms with Crippen LogP contribution in [0.3, 0.4) is 0 Å². The van der Waals surface area contributed by atoms with Crippen LogP contribution in [0.15, 0.2) is 47.7 Å². The van der Waals surface area contributed by atoms with Gasteiger partial charge in [0.05, 0.1) is 0 Å². The molecule has 0 heterocycles. The first-order valence-corrected chi connectivity index (χ1v) is 7.47. The molecule has 20 heavy (non-hydrogen) atoms. The number of allylic oxidation sites excluding steroid dienone is 4. The second-order valence-electron chi connectivity index (χ2n) is 5.88. The average Bonchev–Trinajstić information content (AvgIpc) is 3.24. The smallest absolute Gasteiger partial charge is 0.255 e. The van der Waals surface area contributed by atoms with Crippen molar-refractivity contribution < 1.29 is 7.65 Å². The van der Waals surface area contributed by atoms with Gasteiger partial charge in [-0.3, -0.25) is 4.79 Å². The second-order valence-corrected chi connectivity index (χ2v) is 5.88. The number of hydrogen-bond donors (Lipinski definition) is 1. The summed E-state index contributed by atoms with van der Waals surface area (Å²) >= 11 is 0. The summed E-state index contributed by atoms with van der Waals surface area (Å²) in [7, 11) is 0. The first-order chi connectivity index (χ1) is 9.69. The summed E-state index contributed by atoms with van der Waals surface area (Å²) in [5.41, 5.74) is 4.57. The first kappa shape index (κ1) is 13.2. The highest BCUT2D eigenvalue weighted by atomic mass is 16.1. The SMILES string of the molecule is CCCc1ccc(C(=O)NC2=CC=C(C)C3CC23)cc1.[HH].[HH]. The van der Waals surface area contributed by atoms with E-state index in [1.54, 1.807) is 0 Å². The Kier molecular flexibility index (Phi) is 3.47. The molecule has 0 spiro atoms. The summed E-state index contributed by atoms with van der Waals surface area (Å²) in [5, 5.41) is 3.08. The Morgan fingerprint density at radius 1 is 1.25 bits per heavy atom. The molecule has 0 aromatic heterocycles. The van der Waals surface area contributed by atoms with Crippen molar-refractivity contribution in [2.75, 3.05) is 0 Å². The normalized spacial score (nSPS) is 23.5. The summed E-state index contributed by atoms with van der Waals surface area (Å²) in [5.74, 6) is 1.23. The molecule has 0 radical (unpaired) electrons. The zero-order valence-corrected chi connectivity index (χ0v) is 12.1. The number of carbonyl (C=O) groups excluding carboxylic acids is 1. The summed E-state index contributed by atoms with van der Waals surface area (Å²) in [4.78, 5) is 12.3. The van der Waals surface area contributed by atoms with Gasteiger partial charge in [-0.15, -0.1) is 0 Å². The highest BCUT2D eigenvalue weighted by Crippen LogP contribution is 2.50. The fourth-order valence-electron chi connectivity index (χ4n) is 2.96. The van der Waals surface area contributed by atoms with Crippen LogP contribution in [0.5, 0.6) is 0 Å². The van der Waals surface area contributed by atoms with Gasteiger partial charge in [-0.05, 0) is 49.5 Å². The molecule has 2 aliphatic carbocycles. The van der Waals surface area contributed by atoms with E-state index in [0.717, 1.165) is 24.1 Å². The molecular formula is C18H25NO. The van der Waals surface area contributed by atoms with Gasteiger partial charge < -0.3 is 5.32 Å². The van der Waals surface area contributed by atoms with Crippen LogP contribution in [0.25, 0.3) is 0 Å². The minimum absolute atomic E-state index is 0. The summed E-state index contributed by atoms with van der Waals surface area (Å²) in [6.45, 7) is 4.34. The molecule has 1 fully saturated rings. The van der Waals surface area contributed by atoms with Crippen LogP contribution in [0.1, 0.15) is 45.5 Å². The first-order valence-electron chi connectivity index (χ1n) is 7.47. The van der Waals surface area contributed by atoms with Crippen molar-refractivity contribution in [3.05, 3.63) is 58.8 Å². The van der Waals surface area contributed by atoms with Crippen molar-refractivity contribution >= 4 is 5.91 Å². The second kappa shape index (κ2) is 5.28. The number of carbonyl (C=O) groups is 1. The maximum atomic E-state index is 12.3. The van der Waals surface area contributed by atoms with Crippen LogP contribution in [0.4, 0.5) is 0 Å². The zero-order chi connectivity index (χ0) is 14.1. The van der Waals surface area contributed by atoms with E-state index in [1.165, 1.54) is 17.6 Å². The minimum Gasteiger partial charge on any atom is -0.325 e. The molecule has 0 aliphatic heterocycles.